The molecule has 0 aliphatic rings. The van der Waals surface area contributed by atoms with Crippen molar-refractivity contribution >= 4 is 34.6 Å². The molecule has 0 unspecified atom stereocenters. The smallest absolute Gasteiger partial charge is 0.243 e. The van der Waals surface area contributed by atoms with Crippen LogP contribution >= 0.6 is 12.2 Å². The number of rotatable bonds is 6. The van der Waals surface area contributed by atoms with Gasteiger partial charge in [-0.25, -0.2) is 0 Å². The average Bonchev–Trinajstić information content (AvgIpc) is 2.63. The lowest BCUT2D eigenvalue weighted by Gasteiger charge is -2.24. The van der Waals surface area contributed by atoms with E-state index in [0.29, 0.717) is 23.1 Å². The lowest BCUT2D eigenvalue weighted by atomic mass is 10.1. The topological polar surface area (TPSA) is 53.6 Å². The van der Waals surface area contributed by atoms with Gasteiger partial charge in [-0.1, -0.05) is 18.2 Å². The zero-order chi connectivity index (χ0) is 19.1. The van der Waals surface area contributed by atoms with E-state index in [0.717, 1.165) is 11.3 Å². The molecule has 0 saturated carbocycles. The van der Waals surface area contributed by atoms with E-state index in [2.05, 4.69) is 23.6 Å². The molecule has 0 saturated heterocycles. The Morgan fingerprint density at radius 3 is 2.58 bits per heavy atom. The summed E-state index contributed by atoms with van der Waals surface area (Å²) in [4.78, 5) is 14.2. The number of carbonyl (C=O) groups is 1. The highest BCUT2D eigenvalue weighted by Gasteiger charge is 2.14. The molecule has 1 amide bonds. The minimum Gasteiger partial charge on any atom is -0.497 e. The Morgan fingerprint density at radius 2 is 1.88 bits per heavy atom. The molecule has 2 aromatic rings. The molecule has 5 nitrogen and oxygen atoms in total. The van der Waals surface area contributed by atoms with Gasteiger partial charge in [0.2, 0.25) is 5.91 Å². The molecule has 0 spiro atoms. The van der Waals surface area contributed by atoms with Crippen LogP contribution in [0.4, 0.5) is 11.4 Å². The third-order valence-electron chi connectivity index (χ3n) is 4.20. The zero-order valence-corrected chi connectivity index (χ0v) is 16.4. The highest BCUT2D eigenvalue weighted by Crippen LogP contribution is 2.19. The van der Waals surface area contributed by atoms with Gasteiger partial charge < -0.3 is 20.3 Å². The van der Waals surface area contributed by atoms with Crippen molar-refractivity contribution < 1.29 is 9.53 Å². The van der Waals surface area contributed by atoms with Crippen LogP contribution in [0.1, 0.15) is 18.1 Å². The maximum atomic E-state index is 12.4. The van der Waals surface area contributed by atoms with Gasteiger partial charge in [0, 0.05) is 24.0 Å². The van der Waals surface area contributed by atoms with E-state index in [1.807, 2.05) is 49.1 Å². The van der Waals surface area contributed by atoms with Gasteiger partial charge in [0.05, 0.1) is 13.7 Å². The lowest BCUT2D eigenvalue weighted by Crippen LogP contribution is -2.40. The lowest BCUT2D eigenvalue weighted by molar-refractivity contribution is -0.116. The third kappa shape index (κ3) is 5.20. The van der Waals surface area contributed by atoms with E-state index < -0.39 is 0 Å². The first-order valence-electron chi connectivity index (χ1n) is 8.50. The fourth-order valence-corrected chi connectivity index (χ4v) is 2.79. The van der Waals surface area contributed by atoms with Crippen LogP contribution < -0.4 is 15.4 Å². The van der Waals surface area contributed by atoms with Crippen LogP contribution in [0.15, 0.2) is 42.5 Å². The summed E-state index contributed by atoms with van der Waals surface area (Å²) in [6.45, 7) is 6.87. The molecule has 138 valence electrons. The van der Waals surface area contributed by atoms with E-state index in [-0.39, 0.29) is 12.5 Å². The number of nitrogens with zero attached hydrogens (tertiary/aromatic N) is 1. The van der Waals surface area contributed by atoms with Gasteiger partial charge in [0.15, 0.2) is 5.11 Å². The SMILES string of the molecule is CCN(CC(=O)Nc1cccc(OC)c1)C(=S)Nc1cccc(C)c1C. The quantitative estimate of drug-likeness (QED) is 0.753. The highest BCUT2D eigenvalue weighted by molar-refractivity contribution is 7.80. The summed E-state index contributed by atoms with van der Waals surface area (Å²) in [6.07, 6.45) is 0. The van der Waals surface area contributed by atoms with Gasteiger partial charge in [0.1, 0.15) is 5.75 Å². The number of benzene rings is 2. The monoisotopic (exact) mass is 371 g/mol. The summed E-state index contributed by atoms with van der Waals surface area (Å²) in [5.74, 6) is 0.562. The maximum absolute atomic E-state index is 12.4. The number of thiocarbonyl (C=S) groups is 1. The van der Waals surface area contributed by atoms with Crippen LogP contribution in [-0.2, 0) is 4.79 Å². The van der Waals surface area contributed by atoms with E-state index in [9.17, 15) is 4.79 Å². The molecule has 2 N–H and O–H groups in total. The number of aryl methyl sites for hydroxylation is 1. The molecule has 0 aliphatic carbocycles. The van der Waals surface area contributed by atoms with Crippen LogP contribution in [0.5, 0.6) is 5.75 Å². The largest absolute Gasteiger partial charge is 0.497 e. The Bertz CT molecular complexity index is 792. The summed E-state index contributed by atoms with van der Waals surface area (Å²) in [5.41, 5.74) is 3.99. The predicted molar refractivity (Wildman–Crippen MR) is 111 cm³/mol. The molecule has 2 aromatic carbocycles. The average molecular weight is 372 g/mol. The predicted octanol–water partition coefficient (Wildman–Crippen LogP) is 3.97. The minimum absolute atomic E-state index is 0.134. The normalized spacial score (nSPS) is 10.2. The molecular weight excluding hydrogens is 346 g/mol. The van der Waals surface area contributed by atoms with Crippen molar-refractivity contribution in [3.8, 4) is 5.75 Å². The van der Waals surface area contributed by atoms with Gasteiger partial charge in [-0.2, -0.15) is 0 Å². The number of hydrogen-bond acceptors (Lipinski definition) is 3. The number of amides is 1. The zero-order valence-electron chi connectivity index (χ0n) is 15.6. The molecule has 0 radical (unpaired) electrons. The number of methoxy groups -OCH3 is 1. The molecule has 0 aromatic heterocycles. The van der Waals surface area contributed by atoms with E-state index >= 15 is 0 Å². The molecule has 0 aliphatic heterocycles. The summed E-state index contributed by atoms with van der Waals surface area (Å²) in [5, 5.41) is 6.65. The fourth-order valence-electron chi connectivity index (χ4n) is 2.48. The number of likely N-dealkylation sites (N-methyl/N-ethyl adjacent to an activating group) is 1. The van der Waals surface area contributed by atoms with E-state index in [4.69, 9.17) is 17.0 Å². The number of carbonyl (C=O) groups excluding carboxylic acids is 1. The van der Waals surface area contributed by atoms with Gasteiger partial charge >= 0.3 is 0 Å². The first-order valence-corrected chi connectivity index (χ1v) is 8.91. The van der Waals surface area contributed by atoms with Crippen molar-refractivity contribution in [2.75, 3.05) is 30.8 Å². The van der Waals surface area contributed by atoms with Gasteiger partial charge in [-0.3, -0.25) is 4.79 Å². The van der Waals surface area contributed by atoms with Crippen molar-refractivity contribution in [3.05, 3.63) is 53.6 Å². The maximum Gasteiger partial charge on any atom is 0.243 e. The van der Waals surface area contributed by atoms with Crippen molar-refractivity contribution in [3.63, 3.8) is 0 Å². The summed E-state index contributed by atoms with van der Waals surface area (Å²) in [6, 6.07) is 13.3. The molecule has 6 heteroatoms. The summed E-state index contributed by atoms with van der Waals surface area (Å²) < 4.78 is 5.17. The number of hydrogen-bond donors (Lipinski definition) is 2. The van der Waals surface area contributed by atoms with E-state index in [1.54, 1.807) is 13.2 Å². The molecule has 0 atom stereocenters. The Morgan fingerprint density at radius 1 is 1.15 bits per heavy atom. The molecular formula is C20H25N3O2S. The van der Waals surface area contributed by atoms with E-state index in [1.165, 1.54) is 5.56 Å². The number of ether oxygens (including phenoxy) is 1. The van der Waals surface area contributed by atoms with Crippen LogP contribution in [0, 0.1) is 13.8 Å². The second-order valence-corrected chi connectivity index (χ2v) is 6.36. The molecule has 0 bridgehead atoms. The molecule has 0 fully saturated rings. The summed E-state index contributed by atoms with van der Waals surface area (Å²) >= 11 is 5.50. The number of anilines is 2. The standard InChI is InChI=1S/C20H25N3O2S/c1-5-23(20(26)22-18-11-6-8-14(2)15(18)3)13-19(24)21-16-9-7-10-17(12-16)25-4/h6-12H,5,13H2,1-4H3,(H,21,24)(H,22,26). The van der Waals surface area contributed by atoms with Crippen molar-refractivity contribution in [1.29, 1.82) is 0 Å². The Labute approximate surface area is 160 Å². The Balaban J connectivity index is 1.99. The van der Waals surface area contributed by atoms with Crippen LogP contribution in [0.2, 0.25) is 0 Å². The Kier molecular flexibility index (Phi) is 6.97. The molecule has 2 rings (SSSR count). The van der Waals surface area contributed by atoms with Crippen LogP contribution in [-0.4, -0.2) is 36.1 Å². The first-order chi connectivity index (χ1) is 12.4. The minimum atomic E-state index is -0.134. The van der Waals surface area contributed by atoms with Crippen LogP contribution in [0.25, 0.3) is 0 Å². The third-order valence-corrected chi connectivity index (χ3v) is 4.56. The second-order valence-electron chi connectivity index (χ2n) is 5.97. The first kappa shape index (κ1) is 19.7. The van der Waals surface area contributed by atoms with Crippen molar-refractivity contribution in [2.24, 2.45) is 0 Å². The van der Waals surface area contributed by atoms with Crippen LogP contribution in [0.3, 0.4) is 0 Å². The summed E-state index contributed by atoms with van der Waals surface area (Å²) in [7, 11) is 1.59. The van der Waals surface area contributed by atoms with Crippen molar-refractivity contribution in [2.45, 2.75) is 20.8 Å². The Hall–Kier alpha value is -2.60. The fraction of sp³-hybridized carbons (Fsp3) is 0.300. The van der Waals surface area contributed by atoms with Gasteiger partial charge in [-0.05, 0) is 62.3 Å². The van der Waals surface area contributed by atoms with Gasteiger partial charge in [-0.15, -0.1) is 0 Å². The van der Waals surface area contributed by atoms with Crippen molar-refractivity contribution in [1.82, 2.24) is 4.90 Å². The van der Waals surface area contributed by atoms with Gasteiger partial charge in [0.25, 0.3) is 0 Å². The second kappa shape index (κ2) is 9.20. The highest BCUT2D eigenvalue weighted by atomic mass is 32.1. The molecule has 26 heavy (non-hydrogen) atoms. The number of nitrogens with one attached hydrogen (secondary N) is 2. The molecule has 0 heterocycles.